The number of amides is 1. The lowest BCUT2D eigenvalue weighted by Crippen LogP contribution is -2.61. The summed E-state index contributed by atoms with van der Waals surface area (Å²) in [4.78, 5) is 17.6. The number of likely N-dealkylation sites (tertiary alicyclic amines) is 1. The maximum absolute atomic E-state index is 13.3. The Labute approximate surface area is 182 Å². The number of methoxy groups -OCH3 is 1. The van der Waals surface area contributed by atoms with E-state index in [-0.39, 0.29) is 12.5 Å². The number of hydrogen-bond donors (Lipinski definition) is 0. The largest absolute Gasteiger partial charge is 0.383 e. The molecule has 31 heavy (non-hydrogen) atoms. The maximum Gasteiger partial charge on any atom is 0.244 e. The number of morpholine rings is 1. The molecule has 1 amide bonds. The van der Waals surface area contributed by atoms with E-state index >= 15 is 0 Å². The van der Waals surface area contributed by atoms with Crippen LogP contribution >= 0.6 is 0 Å². The van der Waals surface area contributed by atoms with Crippen LogP contribution in [-0.2, 0) is 32.9 Å². The standard InChI is InChI=1S/C20H32N8O3/c1-16-13-17(2)28(22-16)14-18(29)25-6-4-5-20(15-25,26-7-11-31-12-8-26)19-21-23-24-27(19)9-10-30-3/h13H,4-12,14-15H2,1-3H3. The van der Waals surface area contributed by atoms with Gasteiger partial charge in [-0.15, -0.1) is 5.10 Å². The first kappa shape index (κ1) is 21.8. The first-order valence-electron chi connectivity index (χ1n) is 10.9. The molecule has 2 aromatic rings. The van der Waals surface area contributed by atoms with Gasteiger partial charge in [-0.3, -0.25) is 14.4 Å². The van der Waals surface area contributed by atoms with Gasteiger partial charge in [0.25, 0.3) is 0 Å². The fraction of sp³-hybridized carbons (Fsp3) is 0.750. The second kappa shape index (κ2) is 9.41. The van der Waals surface area contributed by atoms with E-state index in [4.69, 9.17) is 9.47 Å². The minimum Gasteiger partial charge on any atom is -0.383 e. The van der Waals surface area contributed by atoms with Crippen molar-refractivity contribution in [3.05, 3.63) is 23.3 Å². The van der Waals surface area contributed by atoms with Gasteiger partial charge in [-0.05, 0) is 43.2 Å². The van der Waals surface area contributed by atoms with Crippen molar-refractivity contribution in [2.24, 2.45) is 0 Å². The molecule has 2 aromatic heterocycles. The Morgan fingerprint density at radius 3 is 2.74 bits per heavy atom. The van der Waals surface area contributed by atoms with Gasteiger partial charge >= 0.3 is 0 Å². The Bertz CT molecular complexity index is 891. The minimum atomic E-state index is -0.440. The zero-order chi connectivity index (χ0) is 21.8. The molecule has 11 heteroatoms. The first-order chi connectivity index (χ1) is 15.0. The highest BCUT2D eigenvalue weighted by atomic mass is 16.5. The summed E-state index contributed by atoms with van der Waals surface area (Å²) in [5.41, 5.74) is 1.47. The average Bonchev–Trinajstić information content (AvgIpc) is 3.38. The van der Waals surface area contributed by atoms with E-state index in [1.807, 2.05) is 29.5 Å². The lowest BCUT2D eigenvalue weighted by atomic mass is 9.85. The van der Waals surface area contributed by atoms with E-state index < -0.39 is 5.54 Å². The number of nitrogens with zero attached hydrogens (tertiary/aromatic N) is 8. The molecule has 2 saturated heterocycles. The van der Waals surface area contributed by atoms with Crippen LogP contribution in [0.3, 0.4) is 0 Å². The molecule has 1 unspecified atom stereocenters. The molecular weight excluding hydrogens is 400 g/mol. The van der Waals surface area contributed by atoms with E-state index in [0.29, 0.717) is 32.9 Å². The van der Waals surface area contributed by atoms with Crippen LogP contribution in [0.25, 0.3) is 0 Å². The molecule has 0 aliphatic carbocycles. The normalized spacial score (nSPS) is 22.7. The van der Waals surface area contributed by atoms with Crippen LogP contribution in [0.4, 0.5) is 0 Å². The Morgan fingerprint density at radius 2 is 2.03 bits per heavy atom. The Balaban J connectivity index is 1.61. The highest BCUT2D eigenvalue weighted by Gasteiger charge is 2.47. The van der Waals surface area contributed by atoms with Crippen molar-refractivity contribution in [1.29, 1.82) is 0 Å². The van der Waals surface area contributed by atoms with Crippen LogP contribution in [0, 0.1) is 13.8 Å². The van der Waals surface area contributed by atoms with Crippen molar-refractivity contribution < 1.29 is 14.3 Å². The number of rotatable bonds is 7. The number of hydrogen-bond acceptors (Lipinski definition) is 8. The first-order valence-corrected chi connectivity index (χ1v) is 10.9. The third-order valence-electron chi connectivity index (χ3n) is 6.28. The van der Waals surface area contributed by atoms with Crippen molar-refractivity contribution in [2.45, 2.75) is 45.3 Å². The van der Waals surface area contributed by atoms with Crippen molar-refractivity contribution in [1.82, 2.24) is 39.8 Å². The van der Waals surface area contributed by atoms with Gasteiger partial charge in [0.2, 0.25) is 5.91 Å². The molecule has 11 nitrogen and oxygen atoms in total. The van der Waals surface area contributed by atoms with Crippen LogP contribution in [0.15, 0.2) is 6.07 Å². The van der Waals surface area contributed by atoms with Gasteiger partial charge in [0, 0.05) is 39.0 Å². The monoisotopic (exact) mass is 432 g/mol. The van der Waals surface area contributed by atoms with Gasteiger partial charge < -0.3 is 14.4 Å². The van der Waals surface area contributed by atoms with Gasteiger partial charge in [0.05, 0.1) is 32.1 Å². The zero-order valence-corrected chi connectivity index (χ0v) is 18.7. The fourth-order valence-corrected chi connectivity index (χ4v) is 4.75. The van der Waals surface area contributed by atoms with E-state index in [2.05, 4.69) is 25.5 Å². The highest BCUT2D eigenvalue weighted by molar-refractivity contribution is 5.76. The predicted octanol–water partition coefficient (Wildman–Crippen LogP) is -0.0171. The summed E-state index contributed by atoms with van der Waals surface area (Å²) in [6.07, 6.45) is 1.78. The maximum atomic E-state index is 13.3. The molecule has 0 aromatic carbocycles. The SMILES string of the molecule is COCCn1nnnc1C1(N2CCOCC2)CCCN(C(=O)Cn2nc(C)cc2C)C1. The number of aromatic nitrogens is 6. The quantitative estimate of drug-likeness (QED) is 0.602. The molecule has 0 bridgehead atoms. The van der Waals surface area contributed by atoms with Gasteiger partial charge in [-0.25, -0.2) is 4.68 Å². The van der Waals surface area contributed by atoms with Crippen molar-refractivity contribution >= 4 is 5.91 Å². The Morgan fingerprint density at radius 1 is 1.23 bits per heavy atom. The number of ether oxygens (including phenoxy) is 2. The molecule has 4 rings (SSSR count). The summed E-state index contributed by atoms with van der Waals surface area (Å²) in [7, 11) is 1.67. The topological polar surface area (TPSA) is 103 Å². The van der Waals surface area contributed by atoms with Crippen LogP contribution in [0.1, 0.15) is 30.1 Å². The molecule has 1 atom stereocenters. The minimum absolute atomic E-state index is 0.0689. The summed E-state index contributed by atoms with van der Waals surface area (Å²) in [6, 6.07) is 1.99. The lowest BCUT2D eigenvalue weighted by Gasteiger charge is -2.49. The average molecular weight is 433 g/mol. The Kier molecular flexibility index (Phi) is 6.63. The van der Waals surface area contributed by atoms with Crippen molar-refractivity contribution in [2.75, 3.05) is 53.1 Å². The Hall–Kier alpha value is -2.37. The van der Waals surface area contributed by atoms with E-state index in [1.54, 1.807) is 11.8 Å². The molecule has 2 aliphatic heterocycles. The van der Waals surface area contributed by atoms with Crippen molar-refractivity contribution in [3.63, 3.8) is 0 Å². The third-order valence-corrected chi connectivity index (χ3v) is 6.28. The molecule has 4 heterocycles. The molecule has 2 aliphatic rings. The number of tetrazole rings is 1. The van der Waals surface area contributed by atoms with Crippen LogP contribution in [-0.4, -0.2) is 98.8 Å². The molecule has 2 fully saturated rings. The van der Waals surface area contributed by atoms with Crippen LogP contribution < -0.4 is 0 Å². The summed E-state index contributed by atoms with van der Waals surface area (Å²) in [5.74, 6) is 0.870. The summed E-state index contributed by atoms with van der Waals surface area (Å²) in [6.45, 7) is 9.46. The van der Waals surface area contributed by atoms with E-state index in [0.717, 1.165) is 49.7 Å². The summed E-state index contributed by atoms with van der Waals surface area (Å²) >= 11 is 0. The molecular formula is C20H32N8O3. The van der Waals surface area contributed by atoms with Crippen molar-refractivity contribution in [3.8, 4) is 0 Å². The number of carbonyl (C=O) groups is 1. The van der Waals surface area contributed by atoms with Crippen LogP contribution in [0.2, 0.25) is 0 Å². The third kappa shape index (κ3) is 4.48. The number of carbonyl (C=O) groups excluding carboxylic acids is 1. The summed E-state index contributed by atoms with van der Waals surface area (Å²) in [5, 5.41) is 17.1. The van der Waals surface area contributed by atoms with Gasteiger partial charge in [0.1, 0.15) is 12.1 Å². The molecule has 0 radical (unpaired) electrons. The van der Waals surface area contributed by atoms with E-state index in [9.17, 15) is 4.79 Å². The van der Waals surface area contributed by atoms with Crippen LogP contribution in [0.5, 0.6) is 0 Å². The number of aryl methyl sites for hydroxylation is 2. The predicted molar refractivity (Wildman–Crippen MR) is 111 cm³/mol. The molecule has 0 saturated carbocycles. The lowest BCUT2D eigenvalue weighted by molar-refractivity contribution is -0.139. The van der Waals surface area contributed by atoms with Gasteiger partial charge in [-0.2, -0.15) is 5.10 Å². The van der Waals surface area contributed by atoms with Gasteiger partial charge in [0.15, 0.2) is 5.82 Å². The second-order valence-corrected chi connectivity index (χ2v) is 8.35. The molecule has 0 spiro atoms. The smallest absolute Gasteiger partial charge is 0.244 e. The molecule has 170 valence electrons. The highest BCUT2D eigenvalue weighted by Crippen LogP contribution is 2.37. The fourth-order valence-electron chi connectivity index (χ4n) is 4.75. The zero-order valence-electron chi connectivity index (χ0n) is 18.7. The van der Waals surface area contributed by atoms with Gasteiger partial charge in [-0.1, -0.05) is 0 Å². The second-order valence-electron chi connectivity index (χ2n) is 8.35. The number of piperidine rings is 1. The molecule has 0 N–H and O–H groups in total. The summed E-state index contributed by atoms with van der Waals surface area (Å²) < 4.78 is 14.5. The van der Waals surface area contributed by atoms with E-state index in [1.165, 1.54) is 0 Å².